The number of ether oxygens (including phenoxy) is 1. The van der Waals surface area contributed by atoms with E-state index in [-0.39, 0.29) is 11.9 Å². The van der Waals surface area contributed by atoms with Crippen LogP contribution in [0.4, 0.5) is 0 Å². The Morgan fingerprint density at radius 3 is 2.67 bits per heavy atom. The lowest BCUT2D eigenvalue weighted by Crippen LogP contribution is -2.49. The highest BCUT2D eigenvalue weighted by Gasteiger charge is 2.30. The minimum atomic E-state index is 0.116. The first-order chi connectivity index (χ1) is 11.6. The largest absolute Gasteiger partial charge is 0.497 e. The van der Waals surface area contributed by atoms with Gasteiger partial charge < -0.3 is 14.2 Å². The summed E-state index contributed by atoms with van der Waals surface area (Å²) in [6, 6.07) is 10.1. The monoisotopic (exact) mass is 329 g/mol. The first-order valence-corrected chi connectivity index (χ1v) is 8.12. The molecule has 0 bridgehead atoms. The highest BCUT2D eigenvalue weighted by atomic mass is 16.5. The Morgan fingerprint density at radius 2 is 2.08 bits per heavy atom. The second-order valence-electron chi connectivity index (χ2n) is 6.15. The molecule has 0 spiro atoms. The van der Waals surface area contributed by atoms with Crippen molar-refractivity contribution in [2.75, 3.05) is 26.7 Å². The van der Waals surface area contributed by atoms with Crippen LogP contribution in [0.1, 0.15) is 30.0 Å². The van der Waals surface area contributed by atoms with Crippen LogP contribution < -0.4 is 4.74 Å². The number of carbonyl (C=O) groups is 1. The van der Waals surface area contributed by atoms with Crippen molar-refractivity contribution in [2.45, 2.75) is 26.4 Å². The quantitative estimate of drug-likeness (QED) is 0.862. The number of rotatable bonds is 4. The van der Waals surface area contributed by atoms with Gasteiger partial charge in [0.15, 0.2) is 0 Å². The lowest BCUT2D eigenvalue weighted by atomic mass is 10.0. The summed E-state index contributed by atoms with van der Waals surface area (Å²) < 4.78 is 10.4. The van der Waals surface area contributed by atoms with Gasteiger partial charge in [-0.2, -0.15) is 0 Å². The molecule has 1 aliphatic rings. The predicted molar refractivity (Wildman–Crippen MR) is 89.6 cm³/mol. The number of nitrogens with zero attached hydrogens (tertiary/aromatic N) is 3. The first kappa shape index (κ1) is 16.5. The SMILES string of the molecule is COc1ccc([C@H]2CN(C(C)=O)CCN2Cc2cc(C)on2)cc1. The van der Waals surface area contributed by atoms with Gasteiger partial charge in [-0.15, -0.1) is 0 Å². The number of methoxy groups -OCH3 is 1. The Labute approximate surface area is 142 Å². The summed E-state index contributed by atoms with van der Waals surface area (Å²) in [6.45, 7) is 6.45. The van der Waals surface area contributed by atoms with Crippen LogP contribution in [0.25, 0.3) is 0 Å². The van der Waals surface area contributed by atoms with Crippen LogP contribution in [0.3, 0.4) is 0 Å². The van der Waals surface area contributed by atoms with Gasteiger partial charge in [-0.25, -0.2) is 0 Å². The van der Waals surface area contributed by atoms with Gasteiger partial charge in [-0.1, -0.05) is 17.3 Å². The average molecular weight is 329 g/mol. The Morgan fingerprint density at radius 1 is 1.33 bits per heavy atom. The van der Waals surface area contributed by atoms with Crippen molar-refractivity contribution in [3.63, 3.8) is 0 Å². The first-order valence-electron chi connectivity index (χ1n) is 8.12. The topological polar surface area (TPSA) is 58.8 Å². The molecule has 128 valence electrons. The normalized spacial score (nSPS) is 18.6. The van der Waals surface area contributed by atoms with Crippen LogP contribution in [-0.2, 0) is 11.3 Å². The molecule has 0 aliphatic carbocycles. The fraction of sp³-hybridized carbons (Fsp3) is 0.444. The molecular weight excluding hydrogens is 306 g/mol. The van der Waals surface area contributed by atoms with Crippen LogP contribution in [-0.4, -0.2) is 47.6 Å². The summed E-state index contributed by atoms with van der Waals surface area (Å²) in [5.74, 6) is 1.76. The molecule has 0 radical (unpaired) electrons. The molecule has 1 aromatic carbocycles. The van der Waals surface area contributed by atoms with Crippen molar-refractivity contribution in [2.24, 2.45) is 0 Å². The fourth-order valence-electron chi connectivity index (χ4n) is 3.14. The molecule has 1 saturated heterocycles. The van der Waals surface area contributed by atoms with Crippen LogP contribution in [0.5, 0.6) is 5.75 Å². The Hall–Kier alpha value is -2.34. The summed E-state index contributed by atoms with van der Waals surface area (Å²) >= 11 is 0. The number of piperazine rings is 1. The Bertz CT molecular complexity index is 696. The molecule has 6 nitrogen and oxygen atoms in total. The van der Waals surface area contributed by atoms with E-state index in [1.54, 1.807) is 14.0 Å². The van der Waals surface area contributed by atoms with Crippen molar-refractivity contribution < 1.29 is 14.1 Å². The smallest absolute Gasteiger partial charge is 0.219 e. The van der Waals surface area contributed by atoms with Crippen molar-refractivity contribution in [3.8, 4) is 5.75 Å². The summed E-state index contributed by atoms with van der Waals surface area (Å²) in [6.07, 6.45) is 0. The third-order valence-corrected chi connectivity index (χ3v) is 4.48. The molecule has 1 aromatic heterocycles. The zero-order valence-electron chi connectivity index (χ0n) is 14.4. The average Bonchev–Trinajstić information content (AvgIpc) is 3.00. The van der Waals surface area contributed by atoms with E-state index in [2.05, 4.69) is 22.2 Å². The van der Waals surface area contributed by atoms with Crippen LogP contribution in [0, 0.1) is 6.92 Å². The van der Waals surface area contributed by atoms with E-state index in [9.17, 15) is 4.79 Å². The lowest BCUT2D eigenvalue weighted by molar-refractivity contribution is -0.132. The Balaban J connectivity index is 1.83. The van der Waals surface area contributed by atoms with Gasteiger partial charge in [-0.05, 0) is 24.6 Å². The minimum Gasteiger partial charge on any atom is -0.497 e. The molecule has 24 heavy (non-hydrogen) atoms. The molecule has 0 unspecified atom stereocenters. The molecule has 2 heterocycles. The highest BCUT2D eigenvalue weighted by Crippen LogP contribution is 2.28. The molecular formula is C18H23N3O3. The van der Waals surface area contributed by atoms with Crippen molar-refractivity contribution in [3.05, 3.63) is 47.3 Å². The predicted octanol–water partition coefficient (Wildman–Crippen LogP) is 2.40. The molecule has 1 aliphatic heterocycles. The number of hydrogen-bond acceptors (Lipinski definition) is 5. The number of aryl methyl sites for hydroxylation is 1. The molecule has 0 saturated carbocycles. The van der Waals surface area contributed by atoms with Gasteiger partial charge in [0.25, 0.3) is 0 Å². The Kier molecular flexibility index (Phi) is 4.85. The van der Waals surface area contributed by atoms with Crippen molar-refractivity contribution in [1.29, 1.82) is 0 Å². The summed E-state index contributed by atoms with van der Waals surface area (Å²) in [5.41, 5.74) is 2.09. The number of carbonyl (C=O) groups excluding carboxylic acids is 1. The number of benzene rings is 1. The van der Waals surface area contributed by atoms with E-state index in [1.165, 1.54) is 5.56 Å². The second-order valence-corrected chi connectivity index (χ2v) is 6.15. The van der Waals surface area contributed by atoms with Gasteiger partial charge in [0.2, 0.25) is 5.91 Å². The molecule has 3 rings (SSSR count). The van der Waals surface area contributed by atoms with E-state index in [0.29, 0.717) is 13.1 Å². The molecule has 1 atom stereocenters. The van der Waals surface area contributed by atoms with Gasteiger partial charge in [-0.3, -0.25) is 9.69 Å². The van der Waals surface area contributed by atoms with Crippen LogP contribution in [0.2, 0.25) is 0 Å². The number of hydrogen-bond donors (Lipinski definition) is 0. The summed E-state index contributed by atoms with van der Waals surface area (Å²) in [7, 11) is 1.66. The highest BCUT2D eigenvalue weighted by molar-refractivity contribution is 5.73. The van der Waals surface area contributed by atoms with Gasteiger partial charge >= 0.3 is 0 Å². The molecule has 0 N–H and O–H groups in total. The zero-order chi connectivity index (χ0) is 17.1. The van der Waals surface area contributed by atoms with Gasteiger partial charge in [0.05, 0.1) is 18.8 Å². The fourth-order valence-corrected chi connectivity index (χ4v) is 3.14. The maximum absolute atomic E-state index is 11.8. The van der Waals surface area contributed by atoms with E-state index < -0.39 is 0 Å². The maximum Gasteiger partial charge on any atom is 0.219 e. The van der Waals surface area contributed by atoms with E-state index in [0.717, 1.165) is 30.3 Å². The van der Waals surface area contributed by atoms with E-state index in [4.69, 9.17) is 9.26 Å². The third kappa shape index (κ3) is 3.59. The summed E-state index contributed by atoms with van der Waals surface area (Å²) in [4.78, 5) is 16.1. The third-order valence-electron chi connectivity index (χ3n) is 4.48. The van der Waals surface area contributed by atoms with Gasteiger partial charge in [0.1, 0.15) is 11.5 Å². The lowest BCUT2D eigenvalue weighted by Gasteiger charge is -2.41. The second kappa shape index (κ2) is 7.05. The molecule has 2 aromatic rings. The van der Waals surface area contributed by atoms with E-state index in [1.807, 2.05) is 30.0 Å². The van der Waals surface area contributed by atoms with Crippen LogP contribution >= 0.6 is 0 Å². The molecule has 1 amide bonds. The standard InChI is InChI=1S/C18H23N3O3/c1-13-10-16(19-24-13)11-21-9-8-20(14(2)22)12-18(21)15-4-6-17(23-3)7-5-15/h4-7,10,18H,8-9,11-12H2,1-3H3/t18-/m1/s1. The van der Waals surface area contributed by atoms with Crippen molar-refractivity contribution in [1.82, 2.24) is 15.0 Å². The molecule has 6 heteroatoms. The summed E-state index contributed by atoms with van der Waals surface area (Å²) in [5, 5.41) is 4.10. The number of amides is 1. The zero-order valence-corrected chi connectivity index (χ0v) is 14.4. The van der Waals surface area contributed by atoms with Crippen molar-refractivity contribution >= 4 is 5.91 Å². The minimum absolute atomic E-state index is 0.116. The van der Waals surface area contributed by atoms with Crippen LogP contribution in [0.15, 0.2) is 34.9 Å². The maximum atomic E-state index is 11.8. The molecule has 1 fully saturated rings. The van der Waals surface area contributed by atoms with Gasteiger partial charge in [0, 0.05) is 39.2 Å². The number of aromatic nitrogens is 1. The van der Waals surface area contributed by atoms with E-state index >= 15 is 0 Å².